The molecule has 1 aromatic heterocycles. The van der Waals surface area contributed by atoms with Crippen molar-refractivity contribution >= 4 is 34.0 Å². The summed E-state index contributed by atoms with van der Waals surface area (Å²) in [5.74, 6) is 0.237. The number of anilines is 1. The van der Waals surface area contributed by atoms with E-state index < -0.39 is 0 Å². The highest BCUT2D eigenvalue weighted by Crippen LogP contribution is 2.27. The number of oxime groups is 1. The molecule has 100 valence electrons. The molecule has 1 heterocycles. The van der Waals surface area contributed by atoms with E-state index in [0.29, 0.717) is 18.0 Å². The lowest BCUT2D eigenvalue weighted by Crippen LogP contribution is -2.13. The number of amidine groups is 1. The van der Waals surface area contributed by atoms with Crippen molar-refractivity contribution in [3.8, 4) is 0 Å². The molecule has 0 saturated heterocycles. The van der Waals surface area contributed by atoms with Crippen molar-refractivity contribution in [2.75, 3.05) is 11.9 Å². The predicted molar refractivity (Wildman–Crippen MR) is 77.9 cm³/mol. The van der Waals surface area contributed by atoms with Gasteiger partial charge in [-0.1, -0.05) is 16.8 Å². The van der Waals surface area contributed by atoms with Crippen LogP contribution in [0.3, 0.4) is 0 Å². The summed E-state index contributed by atoms with van der Waals surface area (Å²) in [6.07, 6.45) is 3.05. The minimum absolute atomic E-state index is 0.237. The summed E-state index contributed by atoms with van der Waals surface area (Å²) in [5, 5.41) is 16.3. The Balaban J connectivity index is 2.07. The summed E-state index contributed by atoms with van der Waals surface area (Å²) in [4.78, 5) is 4.34. The maximum absolute atomic E-state index is 8.44. The van der Waals surface area contributed by atoms with E-state index in [4.69, 9.17) is 22.5 Å². The van der Waals surface area contributed by atoms with Gasteiger partial charge in [0.05, 0.1) is 16.2 Å². The summed E-state index contributed by atoms with van der Waals surface area (Å²) in [6, 6.07) is 7.54. The van der Waals surface area contributed by atoms with E-state index in [1.165, 1.54) is 0 Å². The van der Waals surface area contributed by atoms with Crippen LogP contribution in [0.5, 0.6) is 0 Å². The third kappa shape index (κ3) is 3.26. The van der Waals surface area contributed by atoms with Crippen LogP contribution < -0.4 is 11.1 Å². The third-order valence-corrected chi connectivity index (χ3v) is 3.10. The average molecular weight is 279 g/mol. The summed E-state index contributed by atoms with van der Waals surface area (Å²) in [6.45, 7) is 0.712. The number of nitrogens with two attached hydrogens (primary N) is 1. The maximum atomic E-state index is 8.44. The van der Waals surface area contributed by atoms with Crippen molar-refractivity contribution in [3.63, 3.8) is 0 Å². The Kier molecular flexibility index (Phi) is 4.41. The van der Waals surface area contributed by atoms with Crippen molar-refractivity contribution in [1.82, 2.24) is 4.98 Å². The van der Waals surface area contributed by atoms with Gasteiger partial charge in [-0.25, -0.2) is 0 Å². The number of nitrogens with one attached hydrogen (secondary N) is 1. The largest absolute Gasteiger partial charge is 0.409 e. The fourth-order valence-electron chi connectivity index (χ4n) is 1.82. The Morgan fingerprint density at radius 1 is 1.42 bits per heavy atom. The molecule has 0 bridgehead atoms. The van der Waals surface area contributed by atoms with Crippen molar-refractivity contribution < 1.29 is 5.21 Å². The molecule has 0 aliphatic rings. The van der Waals surface area contributed by atoms with Crippen LogP contribution in [0.2, 0.25) is 5.02 Å². The van der Waals surface area contributed by atoms with E-state index in [1.54, 1.807) is 6.20 Å². The van der Waals surface area contributed by atoms with Crippen LogP contribution in [0, 0.1) is 0 Å². The Morgan fingerprint density at radius 2 is 2.26 bits per heavy atom. The monoisotopic (exact) mass is 278 g/mol. The normalized spacial score (nSPS) is 11.7. The first kappa shape index (κ1) is 13.4. The molecule has 6 heteroatoms. The van der Waals surface area contributed by atoms with Gasteiger partial charge in [0.2, 0.25) is 0 Å². The molecule has 0 aliphatic carbocycles. The fraction of sp³-hybridized carbons (Fsp3) is 0.231. The van der Waals surface area contributed by atoms with Crippen molar-refractivity contribution in [3.05, 3.63) is 35.5 Å². The van der Waals surface area contributed by atoms with Crippen LogP contribution in [0.25, 0.3) is 10.9 Å². The molecule has 0 saturated carbocycles. The molecule has 0 radical (unpaired) electrons. The van der Waals surface area contributed by atoms with Gasteiger partial charge >= 0.3 is 0 Å². The van der Waals surface area contributed by atoms with Crippen molar-refractivity contribution in [1.29, 1.82) is 0 Å². The van der Waals surface area contributed by atoms with Gasteiger partial charge in [0.15, 0.2) is 0 Å². The average Bonchev–Trinajstić information content (AvgIpc) is 2.45. The molecule has 19 heavy (non-hydrogen) atoms. The van der Waals surface area contributed by atoms with Crippen LogP contribution in [0.1, 0.15) is 12.8 Å². The van der Waals surface area contributed by atoms with Gasteiger partial charge in [-0.05, 0) is 30.7 Å². The summed E-state index contributed by atoms with van der Waals surface area (Å²) in [5.41, 5.74) is 7.18. The van der Waals surface area contributed by atoms with Gasteiger partial charge in [-0.3, -0.25) is 4.98 Å². The zero-order valence-electron chi connectivity index (χ0n) is 10.3. The Morgan fingerprint density at radius 3 is 3.05 bits per heavy atom. The van der Waals surface area contributed by atoms with Gasteiger partial charge in [0.25, 0.3) is 0 Å². The number of hydrogen-bond donors (Lipinski definition) is 3. The van der Waals surface area contributed by atoms with Crippen molar-refractivity contribution in [2.45, 2.75) is 12.8 Å². The molecule has 0 unspecified atom stereocenters. The van der Waals surface area contributed by atoms with E-state index in [0.717, 1.165) is 23.0 Å². The lowest BCUT2D eigenvalue weighted by molar-refractivity contribution is 0.316. The zero-order valence-corrected chi connectivity index (χ0v) is 11.1. The first-order chi connectivity index (χ1) is 9.22. The van der Waals surface area contributed by atoms with Gasteiger partial charge in [-0.2, -0.15) is 0 Å². The van der Waals surface area contributed by atoms with E-state index in [1.807, 2.05) is 24.3 Å². The fourth-order valence-corrected chi connectivity index (χ4v) is 2.04. The van der Waals surface area contributed by atoms with E-state index in [2.05, 4.69) is 15.5 Å². The van der Waals surface area contributed by atoms with Gasteiger partial charge in [0.1, 0.15) is 5.84 Å². The molecule has 0 fully saturated rings. The van der Waals surface area contributed by atoms with Crippen LogP contribution >= 0.6 is 11.6 Å². The lowest BCUT2D eigenvalue weighted by atomic mass is 10.2. The zero-order chi connectivity index (χ0) is 13.7. The third-order valence-electron chi connectivity index (χ3n) is 2.77. The van der Waals surface area contributed by atoms with Gasteiger partial charge < -0.3 is 16.3 Å². The minimum Gasteiger partial charge on any atom is -0.409 e. The molecule has 0 amide bonds. The highest BCUT2D eigenvalue weighted by atomic mass is 35.5. The second-order valence-corrected chi connectivity index (χ2v) is 4.52. The first-order valence-electron chi connectivity index (χ1n) is 5.96. The number of nitrogens with zero attached hydrogens (tertiary/aromatic N) is 2. The quantitative estimate of drug-likeness (QED) is 0.258. The molecule has 1 aromatic carbocycles. The number of aromatic nitrogens is 1. The van der Waals surface area contributed by atoms with Crippen LogP contribution in [-0.4, -0.2) is 22.6 Å². The van der Waals surface area contributed by atoms with Gasteiger partial charge in [0, 0.05) is 24.5 Å². The topological polar surface area (TPSA) is 83.5 Å². The number of fused-ring (bicyclic) bond motifs is 1. The second kappa shape index (κ2) is 6.24. The summed E-state index contributed by atoms with van der Waals surface area (Å²) in [7, 11) is 0. The SMILES string of the molecule is N/C(CCCNc1ccc(Cl)c2cccnc12)=N/O. The van der Waals surface area contributed by atoms with Crippen LogP contribution in [0.15, 0.2) is 35.6 Å². The number of halogens is 1. The predicted octanol–water partition coefficient (Wildman–Crippen LogP) is 2.83. The van der Waals surface area contributed by atoms with Crippen LogP contribution in [-0.2, 0) is 0 Å². The Hall–Kier alpha value is -2.01. The van der Waals surface area contributed by atoms with E-state index in [-0.39, 0.29) is 5.84 Å². The minimum atomic E-state index is 0.237. The standard InChI is InChI=1S/C13H15ClN4O/c14-10-5-6-11(13-9(10)3-1-8-17-13)16-7-2-4-12(15)18-19/h1,3,5-6,8,16,19H,2,4,7H2,(H2,15,18). The molecule has 0 aliphatic heterocycles. The Labute approximate surface area is 116 Å². The Bertz CT molecular complexity index is 600. The molecule has 2 rings (SSSR count). The molecule has 5 nitrogen and oxygen atoms in total. The smallest absolute Gasteiger partial charge is 0.139 e. The molecule has 2 aromatic rings. The summed E-state index contributed by atoms with van der Waals surface area (Å²) < 4.78 is 0. The number of benzene rings is 1. The number of pyridine rings is 1. The number of rotatable bonds is 5. The molecular formula is C13H15ClN4O. The molecular weight excluding hydrogens is 264 g/mol. The highest BCUT2D eigenvalue weighted by Gasteiger charge is 2.05. The maximum Gasteiger partial charge on any atom is 0.139 e. The highest BCUT2D eigenvalue weighted by molar-refractivity contribution is 6.35. The van der Waals surface area contributed by atoms with E-state index in [9.17, 15) is 0 Å². The van der Waals surface area contributed by atoms with E-state index >= 15 is 0 Å². The second-order valence-electron chi connectivity index (χ2n) is 4.12. The molecule has 0 atom stereocenters. The molecule has 0 spiro atoms. The number of hydrogen-bond acceptors (Lipinski definition) is 4. The lowest BCUT2D eigenvalue weighted by Gasteiger charge is -2.09. The molecule has 4 N–H and O–H groups in total. The van der Waals surface area contributed by atoms with Crippen LogP contribution in [0.4, 0.5) is 5.69 Å². The summed E-state index contributed by atoms with van der Waals surface area (Å²) >= 11 is 6.12. The van der Waals surface area contributed by atoms with Crippen molar-refractivity contribution in [2.24, 2.45) is 10.9 Å². The first-order valence-corrected chi connectivity index (χ1v) is 6.33. The van der Waals surface area contributed by atoms with Gasteiger partial charge in [-0.15, -0.1) is 0 Å².